The number of hydrogen-bond donors (Lipinski definition) is 1. The highest BCUT2D eigenvalue weighted by Gasteiger charge is 2.10. The van der Waals surface area contributed by atoms with Crippen molar-refractivity contribution in [2.24, 2.45) is 0 Å². The van der Waals surface area contributed by atoms with Gasteiger partial charge in [0.15, 0.2) is 0 Å². The fourth-order valence-corrected chi connectivity index (χ4v) is 3.42. The lowest BCUT2D eigenvalue weighted by atomic mass is 10.3. The van der Waals surface area contributed by atoms with Crippen LogP contribution in [0.4, 0.5) is 5.69 Å². The van der Waals surface area contributed by atoms with E-state index in [0.29, 0.717) is 23.7 Å². The SMILES string of the molecule is C=CCN(CCC(=O)Nc1ccccc1Cl)Cc1ccc(Cl)s1. The van der Waals surface area contributed by atoms with E-state index in [0.717, 1.165) is 17.4 Å². The van der Waals surface area contributed by atoms with Gasteiger partial charge in [0.25, 0.3) is 0 Å². The molecule has 23 heavy (non-hydrogen) atoms. The largest absolute Gasteiger partial charge is 0.325 e. The van der Waals surface area contributed by atoms with Crippen LogP contribution in [0.1, 0.15) is 11.3 Å². The lowest BCUT2D eigenvalue weighted by Gasteiger charge is -2.19. The number of hydrogen-bond acceptors (Lipinski definition) is 3. The molecular weight excluding hydrogens is 351 g/mol. The molecule has 0 spiro atoms. The average molecular weight is 369 g/mol. The molecule has 1 aromatic heterocycles. The molecule has 0 aliphatic carbocycles. The Hall–Kier alpha value is -1.33. The number of para-hydroxylation sites is 1. The predicted molar refractivity (Wildman–Crippen MR) is 99.5 cm³/mol. The van der Waals surface area contributed by atoms with Crippen LogP contribution in [-0.2, 0) is 11.3 Å². The van der Waals surface area contributed by atoms with Crippen LogP contribution >= 0.6 is 34.5 Å². The Kier molecular flexibility index (Phi) is 7.12. The van der Waals surface area contributed by atoms with Gasteiger partial charge in [-0.1, -0.05) is 41.4 Å². The van der Waals surface area contributed by atoms with Gasteiger partial charge in [0.05, 0.1) is 15.0 Å². The van der Waals surface area contributed by atoms with E-state index < -0.39 is 0 Å². The molecule has 0 unspecified atom stereocenters. The van der Waals surface area contributed by atoms with E-state index in [9.17, 15) is 4.79 Å². The van der Waals surface area contributed by atoms with Crippen molar-refractivity contribution in [1.29, 1.82) is 0 Å². The number of carbonyl (C=O) groups is 1. The Balaban J connectivity index is 1.86. The molecule has 0 saturated carbocycles. The summed E-state index contributed by atoms with van der Waals surface area (Å²) in [4.78, 5) is 15.4. The molecular formula is C17H18Cl2N2OS. The van der Waals surface area contributed by atoms with Crippen LogP contribution in [0, 0.1) is 0 Å². The summed E-state index contributed by atoms with van der Waals surface area (Å²) in [7, 11) is 0. The molecule has 0 bridgehead atoms. The van der Waals surface area contributed by atoms with Gasteiger partial charge >= 0.3 is 0 Å². The Bertz CT molecular complexity index is 672. The molecule has 6 heteroatoms. The van der Waals surface area contributed by atoms with Crippen LogP contribution in [0.25, 0.3) is 0 Å². The number of carbonyl (C=O) groups excluding carboxylic acids is 1. The van der Waals surface area contributed by atoms with E-state index in [1.165, 1.54) is 4.88 Å². The van der Waals surface area contributed by atoms with Gasteiger partial charge in [-0.25, -0.2) is 0 Å². The van der Waals surface area contributed by atoms with Gasteiger partial charge in [-0.3, -0.25) is 9.69 Å². The van der Waals surface area contributed by atoms with Gasteiger partial charge in [-0.15, -0.1) is 17.9 Å². The van der Waals surface area contributed by atoms with Crippen molar-refractivity contribution in [3.63, 3.8) is 0 Å². The van der Waals surface area contributed by atoms with Crippen molar-refractivity contribution in [3.05, 3.63) is 63.3 Å². The van der Waals surface area contributed by atoms with Crippen LogP contribution in [-0.4, -0.2) is 23.9 Å². The van der Waals surface area contributed by atoms with E-state index >= 15 is 0 Å². The second-order valence-electron chi connectivity index (χ2n) is 5.01. The Labute approximate surface area is 150 Å². The minimum absolute atomic E-state index is 0.0589. The van der Waals surface area contributed by atoms with Gasteiger partial charge in [0, 0.05) is 30.9 Å². The molecule has 3 nitrogen and oxygen atoms in total. The lowest BCUT2D eigenvalue weighted by Crippen LogP contribution is -2.27. The number of amides is 1. The topological polar surface area (TPSA) is 32.3 Å². The highest BCUT2D eigenvalue weighted by atomic mass is 35.5. The first kappa shape index (κ1) is 18.0. The van der Waals surface area contributed by atoms with Crippen LogP contribution in [0.15, 0.2) is 49.1 Å². The number of thiophene rings is 1. The van der Waals surface area contributed by atoms with Crippen molar-refractivity contribution in [3.8, 4) is 0 Å². The summed E-state index contributed by atoms with van der Waals surface area (Å²) in [6, 6.07) is 11.1. The number of benzene rings is 1. The Morgan fingerprint density at radius 3 is 2.70 bits per heavy atom. The van der Waals surface area contributed by atoms with Gasteiger partial charge in [0.2, 0.25) is 5.91 Å². The lowest BCUT2D eigenvalue weighted by molar-refractivity contribution is -0.116. The quantitative estimate of drug-likeness (QED) is 0.659. The molecule has 0 atom stereocenters. The minimum atomic E-state index is -0.0589. The van der Waals surface area contributed by atoms with E-state index in [1.54, 1.807) is 23.5 Å². The zero-order valence-corrected chi connectivity index (χ0v) is 14.9. The summed E-state index contributed by atoms with van der Waals surface area (Å²) < 4.78 is 0.773. The zero-order chi connectivity index (χ0) is 16.7. The molecule has 1 heterocycles. The van der Waals surface area contributed by atoms with Crippen LogP contribution in [0.5, 0.6) is 0 Å². The summed E-state index contributed by atoms with van der Waals surface area (Å²) in [6.07, 6.45) is 2.22. The monoisotopic (exact) mass is 368 g/mol. The molecule has 0 aliphatic rings. The fraction of sp³-hybridized carbons (Fsp3) is 0.235. The highest BCUT2D eigenvalue weighted by molar-refractivity contribution is 7.16. The molecule has 2 aromatic rings. The molecule has 2 rings (SSSR count). The maximum Gasteiger partial charge on any atom is 0.225 e. The smallest absolute Gasteiger partial charge is 0.225 e. The molecule has 0 aliphatic heterocycles. The fourth-order valence-electron chi connectivity index (χ4n) is 2.11. The summed E-state index contributed by atoms with van der Waals surface area (Å²) in [5.74, 6) is -0.0589. The molecule has 1 aromatic carbocycles. The molecule has 0 radical (unpaired) electrons. The Morgan fingerprint density at radius 1 is 1.26 bits per heavy atom. The first-order valence-corrected chi connectivity index (χ1v) is 8.77. The normalized spacial score (nSPS) is 10.7. The van der Waals surface area contributed by atoms with Crippen molar-refractivity contribution in [1.82, 2.24) is 4.90 Å². The number of halogens is 2. The third-order valence-corrected chi connectivity index (χ3v) is 4.74. The van der Waals surface area contributed by atoms with Crippen LogP contribution in [0.2, 0.25) is 9.36 Å². The standard InChI is InChI=1S/C17H18Cl2N2OS/c1-2-10-21(12-13-7-8-16(19)23-13)11-9-17(22)20-15-6-4-3-5-14(15)18/h2-8H,1,9-12H2,(H,20,22). The summed E-state index contributed by atoms with van der Waals surface area (Å²) >= 11 is 13.5. The second-order valence-corrected chi connectivity index (χ2v) is 7.21. The van der Waals surface area contributed by atoms with E-state index in [2.05, 4.69) is 16.8 Å². The molecule has 1 N–H and O–H groups in total. The minimum Gasteiger partial charge on any atom is -0.325 e. The maximum atomic E-state index is 12.1. The number of rotatable bonds is 8. The van der Waals surface area contributed by atoms with Crippen LogP contribution < -0.4 is 5.32 Å². The van der Waals surface area contributed by atoms with Crippen molar-refractivity contribution in [2.75, 3.05) is 18.4 Å². The first-order valence-electron chi connectivity index (χ1n) is 7.20. The molecule has 0 saturated heterocycles. The second kappa shape index (κ2) is 9.08. The van der Waals surface area contributed by atoms with E-state index in [1.807, 2.05) is 30.3 Å². The number of nitrogens with zero attached hydrogens (tertiary/aromatic N) is 1. The van der Waals surface area contributed by atoms with Gasteiger partial charge in [-0.2, -0.15) is 0 Å². The number of anilines is 1. The van der Waals surface area contributed by atoms with E-state index in [-0.39, 0.29) is 5.91 Å². The molecule has 1 amide bonds. The predicted octanol–water partition coefficient (Wildman–Crippen LogP) is 5.07. The van der Waals surface area contributed by atoms with Gasteiger partial charge in [0.1, 0.15) is 0 Å². The van der Waals surface area contributed by atoms with Crippen molar-refractivity contribution >= 4 is 46.1 Å². The van der Waals surface area contributed by atoms with Crippen molar-refractivity contribution < 1.29 is 4.79 Å². The summed E-state index contributed by atoms with van der Waals surface area (Å²) in [5.41, 5.74) is 0.638. The molecule has 122 valence electrons. The Morgan fingerprint density at radius 2 is 2.04 bits per heavy atom. The maximum absolute atomic E-state index is 12.1. The summed E-state index contributed by atoms with van der Waals surface area (Å²) in [6.45, 7) is 5.88. The van der Waals surface area contributed by atoms with Gasteiger partial charge in [-0.05, 0) is 24.3 Å². The third-order valence-electron chi connectivity index (χ3n) is 3.20. The highest BCUT2D eigenvalue weighted by Crippen LogP contribution is 2.23. The average Bonchev–Trinajstić information content (AvgIpc) is 2.92. The number of nitrogens with one attached hydrogen (secondary N) is 1. The third kappa shape index (κ3) is 5.99. The molecule has 0 fully saturated rings. The van der Waals surface area contributed by atoms with E-state index in [4.69, 9.17) is 23.2 Å². The van der Waals surface area contributed by atoms with Crippen molar-refractivity contribution in [2.45, 2.75) is 13.0 Å². The van der Waals surface area contributed by atoms with Crippen LogP contribution in [0.3, 0.4) is 0 Å². The zero-order valence-electron chi connectivity index (χ0n) is 12.6. The summed E-state index contributed by atoms with van der Waals surface area (Å²) in [5, 5.41) is 3.37. The van der Waals surface area contributed by atoms with Gasteiger partial charge < -0.3 is 5.32 Å². The first-order chi connectivity index (χ1) is 11.1.